The lowest BCUT2D eigenvalue weighted by atomic mass is 10.1. The zero-order valence-corrected chi connectivity index (χ0v) is 12.5. The summed E-state index contributed by atoms with van der Waals surface area (Å²) in [5, 5.41) is 0. The minimum Gasteiger partial charge on any atom is -0.497 e. The van der Waals surface area contributed by atoms with Gasteiger partial charge in [0.05, 0.1) is 13.5 Å². The Morgan fingerprint density at radius 2 is 2.00 bits per heavy atom. The van der Waals surface area contributed by atoms with Gasteiger partial charge in [-0.05, 0) is 30.7 Å². The summed E-state index contributed by atoms with van der Waals surface area (Å²) in [5.74, 6) is 1.03. The van der Waals surface area contributed by atoms with Gasteiger partial charge in [0, 0.05) is 26.2 Å². The molecule has 1 aromatic carbocycles. The second-order valence-electron chi connectivity index (χ2n) is 5.25. The fourth-order valence-electron chi connectivity index (χ4n) is 2.61. The van der Waals surface area contributed by atoms with Crippen molar-refractivity contribution in [3.05, 3.63) is 29.8 Å². The van der Waals surface area contributed by atoms with E-state index in [0.29, 0.717) is 6.42 Å². The Hall–Kier alpha value is -1.55. The van der Waals surface area contributed by atoms with Crippen LogP contribution in [0.1, 0.15) is 18.9 Å². The van der Waals surface area contributed by atoms with Gasteiger partial charge < -0.3 is 9.64 Å². The number of piperazine rings is 1. The van der Waals surface area contributed by atoms with Crippen molar-refractivity contribution in [2.75, 3.05) is 39.8 Å². The van der Waals surface area contributed by atoms with Crippen molar-refractivity contribution < 1.29 is 9.53 Å². The number of hydrogen-bond acceptors (Lipinski definition) is 3. The monoisotopic (exact) mass is 276 g/mol. The highest BCUT2D eigenvalue weighted by Gasteiger charge is 2.20. The van der Waals surface area contributed by atoms with Gasteiger partial charge in [-0.3, -0.25) is 9.69 Å². The Morgan fingerprint density at radius 1 is 1.25 bits per heavy atom. The summed E-state index contributed by atoms with van der Waals surface area (Å²) in [5.41, 5.74) is 1.02. The molecule has 1 amide bonds. The molecular weight excluding hydrogens is 252 g/mol. The molecule has 0 bridgehead atoms. The molecule has 0 aromatic heterocycles. The molecule has 1 aliphatic rings. The van der Waals surface area contributed by atoms with Gasteiger partial charge in [0.1, 0.15) is 5.75 Å². The third-order valence-electron chi connectivity index (χ3n) is 3.75. The fraction of sp³-hybridized carbons (Fsp3) is 0.562. The first-order valence-corrected chi connectivity index (χ1v) is 7.36. The van der Waals surface area contributed by atoms with Crippen molar-refractivity contribution in [1.82, 2.24) is 9.80 Å². The first kappa shape index (κ1) is 14.9. The number of benzene rings is 1. The van der Waals surface area contributed by atoms with E-state index in [0.717, 1.165) is 44.0 Å². The predicted octanol–water partition coefficient (Wildman–Crippen LogP) is 1.79. The largest absolute Gasteiger partial charge is 0.497 e. The van der Waals surface area contributed by atoms with Crippen LogP contribution in [0, 0.1) is 0 Å². The molecule has 0 unspecified atom stereocenters. The average molecular weight is 276 g/mol. The van der Waals surface area contributed by atoms with Crippen LogP contribution in [0.15, 0.2) is 24.3 Å². The van der Waals surface area contributed by atoms with Crippen LogP contribution in [0.2, 0.25) is 0 Å². The van der Waals surface area contributed by atoms with Crippen LogP contribution in [-0.2, 0) is 11.2 Å². The third-order valence-corrected chi connectivity index (χ3v) is 3.75. The van der Waals surface area contributed by atoms with Crippen LogP contribution in [0.5, 0.6) is 5.75 Å². The minimum absolute atomic E-state index is 0.217. The smallest absolute Gasteiger partial charge is 0.227 e. The van der Waals surface area contributed by atoms with E-state index >= 15 is 0 Å². The highest BCUT2D eigenvalue weighted by Crippen LogP contribution is 2.14. The summed E-state index contributed by atoms with van der Waals surface area (Å²) in [6, 6.07) is 7.75. The maximum Gasteiger partial charge on any atom is 0.227 e. The van der Waals surface area contributed by atoms with E-state index in [-0.39, 0.29) is 5.91 Å². The molecule has 0 spiro atoms. The zero-order chi connectivity index (χ0) is 14.4. The Morgan fingerprint density at radius 3 is 2.65 bits per heavy atom. The van der Waals surface area contributed by atoms with Crippen LogP contribution >= 0.6 is 0 Å². The van der Waals surface area contributed by atoms with Gasteiger partial charge in [0.15, 0.2) is 0 Å². The molecule has 0 atom stereocenters. The Balaban J connectivity index is 1.86. The van der Waals surface area contributed by atoms with Crippen molar-refractivity contribution in [2.45, 2.75) is 19.8 Å². The maximum atomic E-state index is 12.3. The normalized spacial score (nSPS) is 16.2. The van der Waals surface area contributed by atoms with E-state index < -0.39 is 0 Å². The molecule has 20 heavy (non-hydrogen) atoms. The number of carbonyl (C=O) groups excluding carboxylic acids is 1. The second-order valence-corrected chi connectivity index (χ2v) is 5.25. The van der Waals surface area contributed by atoms with E-state index in [9.17, 15) is 4.79 Å². The van der Waals surface area contributed by atoms with Crippen molar-refractivity contribution in [1.29, 1.82) is 0 Å². The predicted molar refractivity (Wildman–Crippen MR) is 80.0 cm³/mol. The summed E-state index contributed by atoms with van der Waals surface area (Å²) in [4.78, 5) is 16.7. The van der Waals surface area contributed by atoms with Gasteiger partial charge in [0.25, 0.3) is 0 Å². The van der Waals surface area contributed by atoms with Gasteiger partial charge in [-0.25, -0.2) is 0 Å². The Kier molecular flexibility index (Phi) is 5.41. The lowest BCUT2D eigenvalue weighted by Crippen LogP contribution is -2.49. The molecule has 1 saturated heterocycles. The molecule has 4 nitrogen and oxygen atoms in total. The summed E-state index contributed by atoms with van der Waals surface area (Å²) < 4.78 is 5.19. The van der Waals surface area contributed by atoms with Crippen molar-refractivity contribution in [2.24, 2.45) is 0 Å². The van der Waals surface area contributed by atoms with Crippen LogP contribution < -0.4 is 4.74 Å². The van der Waals surface area contributed by atoms with Crippen molar-refractivity contribution in [3.63, 3.8) is 0 Å². The summed E-state index contributed by atoms with van der Waals surface area (Å²) >= 11 is 0. The molecule has 2 rings (SSSR count). The number of hydrogen-bond donors (Lipinski definition) is 0. The first-order valence-electron chi connectivity index (χ1n) is 7.36. The van der Waals surface area contributed by atoms with Crippen LogP contribution in [0.4, 0.5) is 0 Å². The topological polar surface area (TPSA) is 32.8 Å². The van der Waals surface area contributed by atoms with Gasteiger partial charge >= 0.3 is 0 Å². The zero-order valence-electron chi connectivity index (χ0n) is 12.5. The third kappa shape index (κ3) is 3.97. The van der Waals surface area contributed by atoms with Gasteiger partial charge in [-0.1, -0.05) is 19.1 Å². The van der Waals surface area contributed by atoms with E-state index in [4.69, 9.17) is 4.74 Å². The van der Waals surface area contributed by atoms with Gasteiger partial charge in [0.2, 0.25) is 5.91 Å². The SMILES string of the molecule is CCCN1CCN(C(=O)Cc2cccc(OC)c2)CC1. The first-order chi connectivity index (χ1) is 9.72. The minimum atomic E-state index is 0.217. The molecular formula is C16H24N2O2. The quantitative estimate of drug-likeness (QED) is 0.822. The molecule has 0 radical (unpaired) electrons. The molecule has 0 aliphatic carbocycles. The number of nitrogens with zero attached hydrogens (tertiary/aromatic N) is 2. The fourth-order valence-corrected chi connectivity index (χ4v) is 2.61. The molecule has 110 valence electrons. The van der Waals surface area contributed by atoms with Crippen LogP contribution in [-0.4, -0.2) is 55.5 Å². The molecule has 4 heteroatoms. The number of carbonyl (C=O) groups is 1. The standard InChI is InChI=1S/C16H24N2O2/c1-3-7-17-8-10-18(11-9-17)16(19)13-14-5-4-6-15(12-14)20-2/h4-6,12H,3,7-11,13H2,1-2H3. The molecule has 0 saturated carbocycles. The average Bonchev–Trinajstić information content (AvgIpc) is 2.48. The van der Waals surface area contributed by atoms with Gasteiger partial charge in [-0.2, -0.15) is 0 Å². The second kappa shape index (κ2) is 7.29. The Labute approximate surface area is 121 Å². The van der Waals surface area contributed by atoms with Crippen molar-refractivity contribution in [3.8, 4) is 5.75 Å². The van der Waals surface area contributed by atoms with Crippen molar-refractivity contribution >= 4 is 5.91 Å². The number of amides is 1. The maximum absolute atomic E-state index is 12.3. The lowest BCUT2D eigenvalue weighted by molar-refractivity contribution is -0.132. The highest BCUT2D eigenvalue weighted by atomic mass is 16.5. The van der Waals surface area contributed by atoms with E-state index in [1.165, 1.54) is 6.42 Å². The molecule has 1 aromatic rings. The van der Waals surface area contributed by atoms with E-state index in [1.807, 2.05) is 29.2 Å². The number of methoxy groups -OCH3 is 1. The molecule has 1 aliphatic heterocycles. The van der Waals surface area contributed by atoms with Crippen LogP contribution in [0.3, 0.4) is 0 Å². The van der Waals surface area contributed by atoms with E-state index in [1.54, 1.807) is 7.11 Å². The Bertz CT molecular complexity index is 440. The highest BCUT2D eigenvalue weighted by molar-refractivity contribution is 5.79. The summed E-state index contributed by atoms with van der Waals surface area (Å²) in [7, 11) is 1.65. The molecule has 1 fully saturated rings. The number of ether oxygens (including phenoxy) is 1. The summed E-state index contributed by atoms with van der Waals surface area (Å²) in [6.07, 6.45) is 1.64. The van der Waals surface area contributed by atoms with Gasteiger partial charge in [-0.15, -0.1) is 0 Å². The molecule has 1 heterocycles. The number of rotatable bonds is 5. The van der Waals surface area contributed by atoms with Crippen LogP contribution in [0.25, 0.3) is 0 Å². The van der Waals surface area contributed by atoms with E-state index in [2.05, 4.69) is 11.8 Å². The molecule has 0 N–H and O–H groups in total. The summed E-state index contributed by atoms with van der Waals surface area (Å²) in [6.45, 7) is 7.03. The lowest BCUT2D eigenvalue weighted by Gasteiger charge is -2.34.